The fourth-order valence-corrected chi connectivity index (χ4v) is 4.14. The number of Topliss-reactive ketones (excluding diaryl/α,β-unsaturated/α-hetero) is 1. The third kappa shape index (κ3) is 3.70. The summed E-state index contributed by atoms with van der Waals surface area (Å²) in [5, 5.41) is 17.3. The number of hydrogen-bond acceptors (Lipinski definition) is 5. The van der Waals surface area contributed by atoms with Crippen LogP contribution < -0.4 is 10.1 Å². The van der Waals surface area contributed by atoms with Crippen molar-refractivity contribution in [3.8, 4) is 28.8 Å². The first-order valence-corrected chi connectivity index (χ1v) is 10.8. The molecule has 0 saturated heterocycles. The molecule has 1 aromatic heterocycles. The molecule has 1 amide bonds. The minimum Gasteiger partial charge on any atom is -0.486 e. The molecule has 0 radical (unpaired) electrons. The molecule has 0 aliphatic carbocycles. The number of ketones is 1. The number of nitrogens with zero attached hydrogens (tertiary/aromatic N) is 3. The number of hydrogen-bond donors (Lipinski definition) is 1. The number of anilines is 1. The zero-order valence-electron chi connectivity index (χ0n) is 17.7. The second kappa shape index (κ2) is 8.85. The fourth-order valence-electron chi connectivity index (χ4n) is 3.91. The molecule has 166 valence electrons. The predicted octanol–water partition coefficient (Wildman–Crippen LogP) is 5.05. The van der Waals surface area contributed by atoms with Gasteiger partial charge in [0.15, 0.2) is 5.92 Å². The fraction of sp³-hybridized carbons (Fsp3) is 0.0769. The van der Waals surface area contributed by atoms with Crippen LogP contribution in [-0.2, 0) is 11.4 Å². The lowest BCUT2D eigenvalue weighted by Crippen LogP contribution is -2.29. The van der Waals surface area contributed by atoms with Crippen molar-refractivity contribution in [2.45, 2.75) is 6.61 Å². The van der Waals surface area contributed by atoms with Gasteiger partial charge in [0.1, 0.15) is 18.1 Å². The van der Waals surface area contributed by atoms with E-state index in [1.807, 2.05) is 42.5 Å². The average molecular weight is 469 g/mol. The first-order valence-electron chi connectivity index (χ1n) is 10.5. The highest BCUT2D eigenvalue weighted by Gasteiger charge is 2.36. The lowest BCUT2D eigenvalue weighted by molar-refractivity contribution is -0.117. The van der Waals surface area contributed by atoms with Crippen LogP contribution in [0.15, 0.2) is 78.9 Å². The molecule has 5 rings (SSSR count). The van der Waals surface area contributed by atoms with E-state index in [1.165, 1.54) is 0 Å². The van der Waals surface area contributed by atoms with Gasteiger partial charge in [-0.25, -0.2) is 4.68 Å². The van der Waals surface area contributed by atoms with Crippen LogP contribution in [0.2, 0.25) is 5.02 Å². The Hall–Kier alpha value is -4.41. The van der Waals surface area contributed by atoms with Crippen LogP contribution in [-0.4, -0.2) is 21.5 Å². The second-order valence-corrected chi connectivity index (χ2v) is 8.02. The molecule has 4 aromatic rings. The maximum absolute atomic E-state index is 13.5. The van der Waals surface area contributed by atoms with Crippen LogP contribution >= 0.6 is 11.6 Å². The summed E-state index contributed by atoms with van der Waals surface area (Å²) in [5.41, 5.74) is 3.03. The highest BCUT2D eigenvalue weighted by atomic mass is 35.5. The second-order valence-electron chi connectivity index (χ2n) is 7.61. The van der Waals surface area contributed by atoms with E-state index in [-0.39, 0.29) is 12.3 Å². The Bertz CT molecular complexity index is 1440. The van der Waals surface area contributed by atoms with Gasteiger partial charge in [0.05, 0.1) is 22.5 Å². The number of para-hydroxylation sites is 3. The average Bonchev–Trinajstić information content (AvgIpc) is 3.26. The molecule has 34 heavy (non-hydrogen) atoms. The van der Waals surface area contributed by atoms with Gasteiger partial charge in [-0.05, 0) is 36.4 Å². The first-order chi connectivity index (χ1) is 16.6. The number of aromatic nitrogens is 2. The van der Waals surface area contributed by atoms with Crippen molar-refractivity contribution in [1.82, 2.24) is 9.78 Å². The maximum atomic E-state index is 13.5. The Balaban J connectivity index is 1.61. The zero-order valence-corrected chi connectivity index (χ0v) is 18.5. The summed E-state index contributed by atoms with van der Waals surface area (Å²) in [5.74, 6) is -2.51. The Kier molecular flexibility index (Phi) is 5.58. The van der Waals surface area contributed by atoms with Gasteiger partial charge in [-0.15, -0.1) is 0 Å². The van der Waals surface area contributed by atoms with Crippen molar-refractivity contribution in [3.63, 3.8) is 0 Å². The molecule has 1 atom stereocenters. The van der Waals surface area contributed by atoms with Crippen LogP contribution in [0.4, 0.5) is 5.69 Å². The van der Waals surface area contributed by atoms with E-state index in [0.29, 0.717) is 39.0 Å². The molecule has 0 fully saturated rings. The number of carbonyl (C=O) groups is 2. The van der Waals surface area contributed by atoms with E-state index in [2.05, 4.69) is 10.4 Å². The largest absolute Gasteiger partial charge is 0.486 e. The molecule has 3 aromatic carbocycles. The van der Waals surface area contributed by atoms with Crippen LogP contribution in [0.3, 0.4) is 0 Å². The third-order valence-corrected chi connectivity index (χ3v) is 5.79. The van der Waals surface area contributed by atoms with E-state index in [1.54, 1.807) is 47.1 Å². The Morgan fingerprint density at radius 3 is 2.44 bits per heavy atom. The lowest BCUT2D eigenvalue weighted by atomic mass is 9.96. The van der Waals surface area contributed by atoms with Gasteiger partial charge >= 0.3 is 0 Å². The summed E-state index contributed by atoms with van der Waals surface area (Å²) in [4.78, 5) is 26.3. The van der Waals surface area contributed by atoms with Gasteiger partial charge in [-0.2, -0.15) is 10.4 Å². The Morgan fingerprint density at radius 1 is 1.03 bits per heavy atom. The molecule has 1 N–H and O–H groups in total. The summed E-state index contributed by atoms with van der Waals surface area (Å²) < 4.78 is 7.50. The van der Waals surface area contributed by atoms with Crippen molar-refractivity contribution in [1.29, 1.82) is 5.26 Å². The van der Waals surface area contributed by atoms with Crippen LogP contribution in [0.5, 0.6) is 5.75 Å². The van der Waals surface area contributed by atoms with E-state index >= 15 is 0 Å². The quantitative estimate of drug-likeness (QED) is 0.326. The van der Waals surface area contributed by atoms with E-state index in [4.69, 9.17) is 16.3 Å². The van der Waals surface area contributed by atoms with Crippen molar-refractivity contribution >= 4 is 29.0 Å². The summed E-state index contributed by atoms with van der Waals surface area (Å²) in [7, 11) is 0. The number of halogens is 1. The third-order valence-electron chi connectivity index (χ3n) is 5.50. The Labute approximate surface area is 200 Å². The van der Waals surface area contributed by atoms with Gasteiger partial charge in [-0.1, -0.05) is 54.1 Å². The maximum Gasteiger partial charge on any atom is 0.249 e. The number of fused-ring (bicyclic) bond motifs is 3. The van der Waals surface area contributed by atoms with Crippen molar-refractivity contribution < 1.29 is 14.3 Å². The zero-order chi connectivity index (χ0) is 23.7. The number of nitriles is 1. The molecule has 8 heteroatoms. The van der Waals surface area contributed by atoms with Crippen LogP contribution in [0, 0.1) is 17.2 Å². The number of rotatable bonds is 5. The van der Waals surface area contributed by atoms with E-state index in [0.717, 1.165) is 0 Å². The van der Waals surface area contributed by atoms with Crippen LogP contribution in [0.25, 0.3) is 16.9 Å². The topological polar surface area (TPSA) is 97.0 Å². The highest BCUT2D eigenvalue weighted by molar-refractivity contribution is 6.32. The van der Waals surface area contributed by atoms with Crippen molar-refractivity contribution in [3.05, 3.63) is 95.1 Å². The number of benzene rings is 3. The molecular weight excluding hydrogens is 452 g/mol. The molecule has 1 aliphatic heterocycles. The molecule has 1 aliphatic rings. The smallest absolute Gasteiger partial charge is 0.249 e. The van der Waals surface area contributed by atoms with E-state index < -0.39 is 17.6 Å². The lowest BCUT2D eigenvalue weighted by Gasteiger charge is -2.20. The van der Waals surface area contributed by atoms with E-state index in [9.17, 15) is 14.9 Å². The minimum atomic E-state index is -1.58. The minimum absolute atomic E-state index is 0.0132. The molecule has 2 heterocycles. The summed E-state index contributed by atoms with van der Waals surface area (Å²) in [6.07, 6.45) is 0. The molecule has 0 spiro atoms. The molecule has 7 nitrogen and oxygen atoms in total. The summed E-state index contributed by atoms with van der Waals surface area (Å²) >= 11 is 6.35. The van der Waals surface area contributed by atoms with Crippen molar-refractivity contribution in [2.24, 2.45) is 5.92 Å². The standard InChI is InChI=1S/C26H17ClN4O3/c27-21-13-7-12-18-23-20(15-34-25(18)21)22(30-31(23)17-10-5-2-6-11-17)24(32)19(14-28)26(33)29-16-8-3-1-4-9-16/h1-13,19H,15H2,(H,29,33). The predicted molar refractivity (Wildman–Crippen MR) is 127 cm³/mol. The number of nitrogens with one attached hydrogen (secondary N) is 1. The molecule has 1 unspecified atom stereocenters. The summed E-state index contributed by atoms with van der Waals surface area (Å²) in [6, 6.07) is 25.1. The van der Waals surface area contributed by atoms with Gasteiger partial charge in [0.25, 0.3) is 0 Å². The summed E-state index contributed by atoms with van der Waals surface area (Å²) in [6.45, 7) is 0.0262. The normalized spacial score (nSPS) is 12.5. The van der Waals surface area contributed by atoms with Gasteiger partial charge < -0.3 is 10.1 Å². The molecule has 0 bridgehead atoms. The monoisotopic (exact) mass is 468 g/mol. The Morgan fingerprint density at radius 2 is 1.74 bits per heavy atom. The van der Waals surface area contributed by atoms with Gasteiger partial charge in [0, 0.05) is 16.8 Å². The molecular formula is C26H17ClN4O3. The van der Waals surface area contributed by atoms with Crippen molar-refractivity contribution in [2.75, 3.05) is 5.32 Å². The first kappa shape index (κ1) is 21.4. The van der Waals surface area contributed by atoms with Gasteiger partial charge in [-0.3, -0.25) is 9.59 Å². The number of ether oxygens (including phenoxy) is 1. The molecule has 0 saturated carbocycles. The highest BCUT2D eigenvalue weighted by Crippen LogP contribution is 2.44. The van der Waals surface area contributed by atoms with Gasteiger partial charge in [0.2, 0.25) is 11.7 Å². The van der Waals surface area contributed by atoms with Crippen LogP contribution in [0.1, 0.15) is 16.1 Å². The number of carbonyl (C=O) groups excluding carboxylic acids is 2. The number of amides is 1. The SMILES string of the molecule is N#CC(C(=O)Nc1ccccc1)C(=O)c1nn(-c2ccccc2)c2c1COc1c(Cl)cccc1-2.